The lowest BCUT2D eigenvalue weighted by atomic mass is 9.93. The van der Waals surface area contributed by atoms with Crippen LogP contribution in [0.1, 0.15) is 34.6 Å². The van der Waals surface area contributed by atoms with E-state index in [0.717, 1.165) is 20.8 Å². The molecule has 0 spiro atoms. The molecule has 24 N–H and O–H groups in total. The molecule has 556 valence electrons. The highest BCUT2D eigenvalue weighted by atomic mass is 16.8. The van der Waals surface area contributed by atoms with Crippen molar-refractivity contribution in [1.29, 1.82) is 0 Å². The van der Waals surface area contributed by atoms with Crippen LogP contribution in [0, 0.1) is 0 Å². The van der Waals surface area contributed by atoms with Crippen molar-refractivity contribution in [2.24, 2.45) is 0 Å². The van der Waals surface area contributed by atoms with Crippen LogP contribution < -0.4 is 16.0 Å². The first-order valence-corrected chi connectivity index (χ1v) is 30.8. The highest BCUT2D eigenvalue weighted by Crippen LogP contribution is 2.39. The minimum Gasteiger partial charge on any atom is -0.394 e. The van der Waals surface area contributed by atoms with Crippen LogP contribution in [0.2, 0.25) is 0 Å². The van der Waals surface area contributed by atoms with Crippen molar-refractivity contribution in [3.8, 4) is 0 Å². The Hall–Kier alpha value is -3.03. The molecule has 0 unspecified atom stereocenters. The van der Waals surface area contributed by atoms with Gasteiger partial charge in [-0.1, -0.05) is 0 Å². The summed E-state index contributed by atoms with van der Waals surface area (Å²) in [6.07, 6.45) is -71.7. The molecule has 8 aliphatic rings. The molecule has 3 amide bonds. The maximum atomic E-state index is 13.4. The summed E-state index contributed by atoms with van der Waals surface area (Å²) in [5.41, 5.74) is 0. The molecule has 0 aliphatic carbocycles. The van der Waals surface area contributed by atoms with Crippen LogP contribution in [0.15, 0.2) is 0 Å². The van der Waals surface area contributed by atoms with Crippen molar-refractivity contribution in [1.82, 2.24) is 16.0 Å². The Morgan fingerprint density at radius 2 is 0.656 bits per heavy atom. The number of carbonyl (C=O) groups excluding carboxylic acids is 3. The molecule has 0 aromatic heterocycles. The van der Waals surface area contributed by atoms with E-state index in [0.29, 0.717) is 0 Å². The molecular weight excluding hydrogens is 1310 g/mol. The second-order valence-corrected chi connectivity index (χ2v) is 24.6. The highest BCUT2D eigenvalue weighted by Gasteiger charge is 2.60. The van der Waals surface area contributed by atoms with Gasteiger partial charge in [-0.15, -0.1) is 0 Å². The van der Waals surface area contributed by atoms with E-state index >= 15 is 0 Å². The molecule has 0 bridgehead atoms. The predicted octanol–water partition coefficient (Wildman–Crippen LogP) is -16.0. The Morgan fingerprint density at radius 1 is 0.292 bits per heavy atom. The third-order valence-electron chi connectivity index (χ3n) is 17.8. The first-order chi connectivity index (χ1) is 45.3. The van der Waals surface area contributed by atoms with Crippen LogP contribution >= 0.6 is 0 Å². The average molecular weight is 1410 g/mol. The molecule has 8 saturated heterocycles. The number of ether oxygens (including phenoxy) is 15. The fraction of sp³-hybridized carbons (Fsp3) is 0.944. The van der Waals surface area contributed by atoms with Crippen LogP contribution in [0.3, 0.4) is 0 Å². The van der Waals surface area contributed by atoms with E-state index in [2.05, 4.69) is 16.0 Å². The number of hydrogen-bond donors (Lipinski definition) is 24. The molecule has 0 aromatic carbocycles. The maximum absolute atomic E-state index is 13.4. The van der Waals surface area contributed by atoms with Crippen LogP contribution in [0.5, 0.6) is 0 Å². The number of aliphatic hydroxyl groups is 21. The van der Waals surface area contributed by atoms with Gasteiger partial charge in [-0.05, 0) is 13.8 Å². The van der Waals surface area contributed by atoms with E-state index < -0.39 is 303 Å². The normalized spacial score (nSPS) is 50.3. The summed E-state index contributed by atoms with van der Waals surface area (Å²) in [7, 11) is 0. The molecule has 96 heavy (non-hydrogen) atoms. The molecule has 42 heteroatoms. The second-order valence-electron chi connectivity index (χ2n) is 24.6. The van der Waals surface area contributed by atoms with Crippen LogP contribution in [-0.2, 0) is 85.4 Å². The van der Waals surface area contributed by atoms with Gasteiger partial charge in [-0.25, -0.2) is 0 Å². The molecule has 8 heterocycles. The molecule has 8 aliphatic heterocycles. The Kier molecular flexibility index (Phi) is 27.7. The van der Waals surface area contributed by atoms with Gasteiger partial charge < -0.3 is 194 Å². The molecule has 42 nitrogen and oxygen atoms in total. The highest BCUT2D eigenvalue weighted by molar-refractivity contribution is 5.74. The first kappa shape index (κ1) is 78.7. The van der Waals surface area contributed by atoms with Crippen LogP contribution in [0.4, 0.5) is 0 Å². The van der Waals surface area contributed by atoms with Crippen molar-refractivity contribution in [2.45, 2.75) is 280 Å². The monoisotopic (exact) mass is 1410 g/mol. The summed E-state index contributed by atoms with van der Waals surface area (Å²) >= 11 is 0. The van der Waals surface area contributed by atoms with Crippen molar-refractivity contribution < 1.29 is 193 Å². The van der Waals surface area contributed by atoms with E-state index in [9.17, 15) is 122 Å². The zero-order chi connectivity index (χ0) is 70.8. The van der Waals surface area contributed by atoms with Gasteiger partial charge >= 0.3 is 0 Å². The maximum Gasteiger partial charge on any atom is 0.217 e. The van der Waals surface area contributed by atoms with Gasteiger partial charge in [0.25, 0.3) is 0 Å². The lowest BCUT2D eigenvalue weighted by Gasteiger charge is -2.52. The standard InChI is InChI=1S/C54H91N3O39/c1-12-26(66)33(73)37(77)50(83-12)92-42-21(10-62)90-49(25(57-16(5)65)44(42)94-54-46(36(76)29(69)18(7-59)88-54)96-51-38(78)34(74)27(67)13(2)84-51)95-45-30(70)19(8-60)87-53(40(45)80)93-43-24(56-15(4)64)47(81)85-22(31(43)71)11-82-48-23(55-14(3)63)32(72)41(20(9-61)89-48)91-52-39(79)35(75)28(68)17(6-58)86-52/h12-13,17-54,58-62,66-81H,6-11H2,1-5H3,(H,55,63)(H,56,64)(H,57,65)/t12-,13-,17+,18+,19+,20+,21+,22+,23+,24+,25+,26+,27+,28-,29-,30-,31-,32+,33+,34+,35-,36-,37-,38-,39+,40+,41+,42+,43+,44+,45-,46+,47-,48+,49-,50-,51-,52-,53-,54-/m0/s1. The third kappa shape index (κ3) is 17.0. The number of hydrogen-bond acceptors (Lipinski definition) is 39. The fourth-order valence-corrected chi connectivity index (χ4v) is 12.5. The quantitative estimate of drug-likeness (QED) is 0.0452. The minimum absolute atomic E-state index is 0.814. The van der Waals surface area contributed by atoms with E-state index in [1.807, 2.05) is 0 Å². The van der Waals surface area contributed by atoms with E-state index in [1.54, 1.807) is 0 Å². The van der Waals surface area contributed by atoms with E-state index in [4.69, 9.17) is 71.1 Å². The number of rotatable bonds is 23. The van der Waals surface area contributed by atoms with Gasteiger partial charge in [-0.3, -0.25) is 14.4 Å². The Bertz CT molecular complexity index is 2470. The number of amides is 3. The van der Waals surface area contributed by atoms with Crippen molar-refractivity contribution in [2.75, 3.05) is 39.6 Å². The smallest absolute Gasteiger partial charge is 0.217 e. The zero-order valence-corrected chi connectivity index (χ0v) is 52.1. The lowest BCUT2D eigenvalue weighted by molar-refractivity contribution is -0.399. The van der Waals surface area contributed by atoms with Crippen LogP contribution in [-0.4, -0.2) is 410 Å². The van der Waals surface area contributed by atoms with Crippen molar-refractivity contribution in [3.63, 3.8) is 0 Å². The molecule has 0 radical (unpaired) electrons. The fourth-order valence-electron chi connectivity index (χ4n) is 12.5. The third-order valence-corrected chi connectivity index (χ3v) is 17.8. The van der Waals surface area contributed by atoms with Gasteiger partial charge in [0.15, 0.2) is 50.3 Å². The first-order valence-electron chi connectivity index (χ1n) is 30.8. The SMILES string of the molecule is CC(=O)N[C@@H]1[C@@H](O[C@@H]2O[C@H](CO)[C@H](O)[C@H](O[C@@H]3O[C@H](CO)[C@@H](O[C@@H]4O[C@@H](C)[C@@H](O)[C@@H](O)[C@@H]4O)[C@H](O[C@@H]4O[C@H](CO)[C@H](O)[C@H](O)[C@H]4O[C@@H]4O[C@@H](C)[C@@H](O)[C@@H](O)[C@@H]4O)[C@H]3NC(C)=O)[C@H]2O)[C@@H](O)[C@@H](CO[C@@H]2O[C@H](CO)[C@@H](O[C@@H]3O[C@H](CO)[C@H](O)[C@H](O)[C@H]3O)[C@H](O)[C@H]2NC(C)=O)O[C@@H]1O. The molecule has 8 fully saturated rings. The topological polar surface area (TPSA) is 651 Å². The molecule has 40 atom stereocenters. The van der Waals surface area contributed by atoms with Gasteiger partial charge in [-0.2, -0.15) is 0 Å². The summed E-state index contributed by atoms with van der Waals surface area (Å²) in [6, 6.07) is -5.48. The summed E-state index contributed by atoms with van der Waals surface area (Å²) < 4.78 is 88.6. The summed E-state index contributed by atoms with van der Waals surface area (Å²) in [5, 5.41) is 237. The number of carbonyl (C=O) groups is 3. The van der Waals surface area contributed by atoms with Gasteiger partial charge in [0.2, 0.25) is 17.7 Å². The molecule has 8 rings (SSSR count). The summed E-state index contributed by atoms with van der Waals surface area (Å²) in [6.45, 7) is -0.605. The zero-order valence-electron chi connectivity index (χ0n) is 52.1. The predicted molar refractivity (Wildman–Crippen MR) is 296 cm³/mol. The molecule has 0 aromatic rings. The van der Waals surface area contributed by atoms with Gasteiger partial charge in [0, 0.05) is 20.8 Å². The molecular formula is C54H91N3O39. The van der Waals surface area contributed by atoms with E-state index in [1.165, 1.54) is 13.8 Å². The van der Waals surface area contributed by atoms with Crippen molar-refractivity contribution in [3.05, 3.63) is 0 Å². The number of aliphatic hydroxyl groups excluding tert-OH is 21. The van der Waals surface area contributed by atoms with Crippen molar-refractivity contribution >= 4 is 17.7 Å². The number of nitrogens with one attached hydrogen (secondary N) is 3. The molecule has 0 saturated carbocycles. The van der Waals surface area contributed by atoms with Gasteiger partial charge in [0.1, 0.15) is 183 Å². The van der Waals surface area contributed by atoms with Crippen LogP contribution in [0.25, 0.3) is 0 Å². The Balaban J connectivity index is 1.08. The Morgan fingerprint density at radius 3 is 1.18 bits per heavy atom. The average Bonchev–Trinajstić information content (AvgIpc) is 0.766. The minimum atomic E-state index is -2.39. The van der Waals surface area contributed by atoms with E-state index in [-0.39, 0.29) is 0 Å². The summed E-state index contributed by atoms with van der Waals surface area (Å²) in [5.74, 6) is -2.66. The lowest BCUT2D eigenvalue weighted by Crippen LogP contribution is -2.72. The Labute approximate surface area is 545 Å². The summed E-state index contributed by atoms with van der Waals surface area (Å²) in [4.78, 5) is 38.7. The largest absolute Gasteiger partial charge is 0.394 e. The second kappa shape index (κ2) is 33.8. The van der Waals surface area contributed by atoms with Gasteiger partial charge in [0.05, 0.1) is 51.8 Å².